The molecule has 7 heteroatoms. The van der Waals surface area contributed by atoms with E-state index in [2.05, 4.69) is 22.2 Å². The minimum absolute atomic E-state index is 0.340. The van der Waals surface area contributed by atoms with Crippen molar-refractivity contribution < 1.29 is 0 Å². The van der Waals surface area contributed by atoms with Crippen LogP contribution >= 0.6 is 35.0 Å². The van der Waals surface area contributed by atoms with E-state index in [4.69, 9.17) is 23.2 Å². The molecule has 0 radical (unpaired) electrons. The third-order valence-electron chi connectivity index (χ3n) is 4.05. The Morgan fingerprint density at radius 3 is 2.33 bits per heavy atom. The van der Waals surface area contributed by atoms with Crippen LogP contribution in [0.2, 0.25) is 10.0 Å². The van der Waals surface area contributed by atoms with E-state index in [1.54, 1.807) is 22.7 Å². The smallest absolute Gasteiger partial charge is 0.267 e. The molecule has 0 bridgehead atoms. The summed E-state index contributed by atoms with van der Waals surface area (Å²) < 4.78 is 1.58. The molecule has 0 spiro atoms. The average Bonchev–Trinajstić information content (AvgIpc) is 2.65. The monoisotopic (exact) mass is 413 g/mol. The molecule has 4 aromatic rings. The Bertz CT molecular complexity index is 1190. The van der Waals surface area contributed by atoms with E-state index in [0.29, 0.717) is 26.7 Å². The lowest BCUT2D eigenvalue weighted by Gasteiger charge is -2.10. The van der Waals surface area contributed by atoms with Gasteiger partial charge >= 0.3 is 0 Å². The molecule has 0 aliphatic carbocycles. The van der Waals surface area contributed by atoms with Gasteiger partial charge in [0, 0.05) is 10.5 Å². The zero-order valence-electron chi connectivity index (χ0n) is 14.2. The maximum Gasteiger partial charge on any atom is 0.281 e. The maximum absolute atomic E-state index is 12.5. The van der Waals surface area contributed by atoms with Gasteiger partial charge in [0.1, 0.15) is 11.4 Å². The van der Waals surface area contributed by atoms with Crippen LogP contribution in [0, 0.1) is 6.92 Å². The number of benzene rings is 2. The fraction of sp³-hybridized carbons (Fsp3) is 0.0500. The Morgan fingerprint density at radius 1 is 0.926 bits per heavy atom. The lowest BCUT2D eigenvalue weighted by Crippen LogP contribution is -2.14. The van der Waals surface area contributed by atoms with E-state index in [1.165, 1.54) is 23.7 Å². The summed E-state index contributed by atoms with van der Waals surface area (Å²) >= 11 is 14.1. The van der Waals surface area contributed by atoms with Crippen molar-refractivity contribution >= 4 is 40.5 Å². The molecule has 0 atom stereocenters. The van der Waals surface area contributed by atoms with E-state index in [0.717, 1.165) is 9.92 Å². The third kappa shape index (κ3) is 3.58. The van der Waals surface area contributed by atoms with Gasteiger partial charge < -0.3 is 0 Å². The lowest BCUT2D eigenvalue weighted by molar-refractivity contribution is 0.824. The predicted octanol–water partition coefficient (Wildman–Crippen LogP) is 5.52. The van der Waals surface area contributed by atoms with Gasteiger partial charge in [0.15, 0.2) is 0 Å². The Morgan fingerprint density at radius 2 is 1.63 bits per heavy atom. The SMILES string of the molecule is Cc1ccc(Sc2ccc3c(-c4c(Cl)cccc4Cl)c(=O)ncn3n2)cc1. The quantitative estimate of drug-likeness (QED) is 0.443. The van der Waals surface area contributed by atoms with E-state index in [-0.39, 0.29) is 0 Å². The van der Waals surface area contributed by atoms with Crippen LogP contribution in [0.15, 0.2) is 75.6 Å². The van der Waals surface area contributed by atoms with Crippen molar-refractivity contribution in [2.75, 3.05) is 0 Å². The number of halogens is 2. The first-order valence-electron chi connectivity index (χ1n) is 8.10. The van der Waals surface area contributed by atoms with Crippen molar-refractivity contribution in [3.63, 3.8) is 0 Å². The zero-order chi connectivity index (χ0) is 19.0. The third-order valence-corrected chi connectivity index (χ3v) is 5.61. The predicted molar refractivity (Wildman–Crippen MR) is 110 cm³/mol. The number of rotatable bonds is 3. The standard InChI is InChI=1S/C20H13Cl2N3OS/c1-12-5-7-13(8-6-12)27-17-10-9-16-19(20(26)23-11-25(16)24-17)18-14(21)3-2-4-15(18)22/h2-11H,1H3. The first-order chi connectivity index (χ1) is 13.0. The van der Waals surface area contributed by atoms with E-state index in [1.807, 2.05) is 31.2 Å². The number of hydrogen-bond donors (Lipinski definition) is 0. The first kappa shape index (κ1) is 18.0. The highest BCUT2D eigenvalue weighted by molar-refractivity contribution is 7.99. The number of hydrogen-bond acceptors (Lipinski definition) is 4. The molecule has 2 heterocycles. The molecule has 0 unspecified atom stereocenters. The average molecular weight is 414 g/mol. The second-order valence-electron chi connectivity index (χ2n) is 5.94. The van der Waals surface area contributed by atoms with Crippen molar-refractivity contribution in [1.82, 2.24) is 14.6 Å². The van der Waals surface area contributed by atoms with E-state index < -0.39 is 5.56 Å². The molecular weight excluding hydrogens is 401 g/mol. The molecule has 27 heavy (non-hydrogen) atoms. The number of nitrogens with zero attached hydrogens (tertiary/aromatic N) is 3. The molecule has 4 nitrogen and oxygen atoms in total. The summed E-state index contributed by atoms with van der Waals surface area (Å²) in [5, 5.41) is 6.15. The van der Waals surface area contributed by atoms with Crippen LogP contribution in [0.5, 0.6) is 0 Å². The van der Waals surface area contributed by atoms with Gasteiger partial charge in [-0.1, -0.05) is 58.7 Å². The molecule has 0 saturated carbocycles. The van der Waals surface area contributed by atoms with Crippen LogP contribution < -0.4 is 5.56 Å². The van der Waals surface area contributed by atoms with E-state index >= 15 is 0 Å². The minimum Gasteiger partial charge on any atom is -0.267 e. The molecule has 0 fully saturated rings. The second kappa shape index (κ2) is 7.35. The normalized spacial score (nSPS) is 11.1. The van der Waals surface area contributed by atoms with Crippen molar-refractivity contribution in [2.45, 2.75) is 16.8 Å². The summed E-state index contributed by atoms with van der Waals surface area (Å²) in [5.74, 6) is 0. The Kier molecular flexibility index (Phi) is 4.91. The maximum atomic E-state index is 12.5. The van der Waals surface area contributed by atoms with Crippen LogP contribution in [0.25, 0.3) is 16.6 Å². The zero-order valence-corrected chi connectivity index (χ0v) is 16.5. The van der Waals surface area contributed by atoms with Crippen LogP contribution in [0.1, 0.15) is 5.56 Å². The Balaban J connectivity index is 1.84. The number of aryl methyl sites for hydroxylation is 1. The van der Waals surface area contributed by atoms with Crippen LogP contribution in [-0.2, 0) is 0 Å². The molecule has 0 saturated heterocycles. The molecule has 2 aromatic heterocycles. The highest BCUT2D eigenvalue weighted by atomic mass is 35.5. The van der Waals surface area contributed by atoms with Gasteiger partial charge in [0.25, 0.3) is 5.56 Å². The highest BCUT2D eigenvalue weighted by Crippen LogP contribution is 2.35. The molecule has 0 N–H and O–H groups in total. The van der Waals surface area contributed by atoms with Gasteiger partial charge in [0.2, 0.25) is 0 Å². The molecule has 4 rings (SSSR count). The molecular formula is C20H13Cl2N3OS. The Hall–Kier alpha value is -2.34. The molecule has 134 valence electrons. The fourth-order valence-corrected chi connectivity index (χ4v) is 4.11. The van der Waals surface area contributed by atoms with Crippen molar-refractivity contribution in [1.29, 1.82) is 0 Å². The second-order valence-corrected chi connectivity index (χ2v) is 7.85. The summed E-state index contributed by atoms with van der Waals surface area (Å²) in [6.07, 6.45) is 1.41. The summed E-state index contributed by atoms with van der Waals surface area (Å²) in [4.78, 5) is 17.5. The highest BCUT2D eigenvalue weighted by Gasteiger charge is 2.17. The summed E-state index contributed by atoms with van der Waals surface area (Å²) in [6.45, 7) is 2.05. The number of aromatic nitrogens is 3. The summed E-state index contributed by atoms with van der Waals surface area (Å²) in [7, 11) is 0. The van der Waals surface area contributed by atoms with Gasteiger partial charge in [-0.05, 0) is 43.3 Å². The molecule has 0 amide bonds. The van der Waals surface area contributed by atoms with Crippen LogP contribution in [0.4, 0.5) is 0 Å². The van der Waals surface area contributed by atoms with Crippen molar-refractivity contribution in [2.24, 2.45) is 0 Å². The Labute approximate surface area is 169 Å². The summed E-state index contributed by atoms with van der Waals surface area (Å²) in [6, 6.07) is 17.0. The van der Waals surface area contributed by atoms with Gasteiger partial charge in [-0.3, -0.25) is 4.79 Å². The summed E-state index contributed by atoms with van der Waals surface area (Å²) in [5.41, 5.74) is 2.21. The van der Waals surface area contributed by atoms with Gasteiger partial charge in [-0.25, -0.2) is 4.52 Å². The fourth-order valence-electron chi connectivity index (χ4n) is 2.74. The van der Waals surface area contributed by atoms with Crippen molar-refractivity contribution in [3.8, 4) is 11.1 Å². The molecule has 2 aromatic carbocycles. The van der Waals surface area contributed by atoms with Crippen LogP contribution in [-0.4, -0.2) is 14.6 Å². The number of fused-ring (bicyclic) bond motifs is 1. The first-order valence-corrected chi connectivity index (χ1v) is 9.68. The van der Waals surface area contributed by atoms with Crippen LogP contribution in [0.3, 0.4) is 0 Å². The molecule has 0 aliphatic heterocycles. The van der Waals surface area contributed by atoms with E-state index in [9.17, 15) is 4.79 Å². The lowest BCUT2D eigenvalue weighted by atomic mass is 10.1. The largest absolute Gasteiger partial charge is 0.281 e. The van der Waals surface area contributed by atoms with Gasteiger partial charge in [-0.2, -0.15) is 10.1 Å². The topological polar surface area (TPSA) is 47.3 Å². The van der Waals surface area contributed by atoms with Gasteiger partial charge in [-0.15, -0.1) is 0 Å². The molecule has 0 aliphatic rings. The van der Waals surface area contributed by atoms with Crippen molar-refractivity contribution in [3.05, 3.63) is 86.9 Å². The van der Waals surface area contributed by atoms with Gasteiger partial charge in [0.05, 0.1) is 21.1 Å². The minimum atomic E-state index is -0.397.